The molecule has 0 bridgehead atoms. The van der Waals surface area contributed by atoms with E-state index < -0.39 is 0 Å². The molecule has 96 valence electrons. The molecule has 3 heteroatoms. The van der Waals surface area contributed by atoms with E-state index in [2.05, 4.69) is 39.0 Å². The highest BCUT2D eigenvalue weighted by Crippen LogP contribution is 2.19. The smallest absolute Gasteiger partial charge is 0.122 e. The fraction of sp³-hybridized carbons (Fsp3) is 0.571. The summed E-state index contributed by atoms with van der Waals surface area (Å²) in [6.45, 7) is 7.87. The fourth-order valence-electron chi connectivity index (χ4n) is 1.46. The van der Waals surface area contributed by atoms with E-state index in [0.717, 1.165) is 31.1 Å². The molecular weight excluding hydrogens is 230 g/mol. The van der Waals surface area contributed by atoms with Crippen LogP contribution in [0.15, 0.2) is 18.2 Å². The Kier molecular flexibility index (Phi) is 6.45. The highest BCUT2D eigenvalue weighted by Gasteiger charge is 2.01. The van der Waals surface area contributed by atoms with Crippen LogP contribution in [0, 0.1) is 13.8 Å². The van der Waals surface area contributed by atoms with Crippen molar-refractivity contribution in [2.45, 2.75) is 32.4 Å². The minimum Gasteiger partial charge on any atom is -0.493 e. The Morgan fingerprint density at radius 3 is 2.82 bits per heavy atom. The molecule has 1 atom stereocenters. The molecule has 0 aliphatic heterocycles. The van der Waals surface area contributed by atoms with E-state index >= 15 is 0 Å². The zero-order chi connectivity index (χ0) is 12.7. The molecule has 1 aromatic carbocycles. The van der Waals surface area contributed by atoms with Gasteiger partial charge in [0, 0.05) is 11.8 Å². The first kappa shape index (κ1) is 14.4. The predicted molar refractivity (Wildman–Crippen MR) is 77.0 cm³/mol. The van der Waals surface area contributed by atoms with Crippen molar-refractivity contribution >= 4 is 11.8 Å². The second-order valence-electron chi connectivity index (χ2n) is 4.39. The summed E-state index contributed by atoms with van der Waals surface area (Å²) in [4.78, 5) is 0. The molecule has 0 spiro atoms. The van der Waals surface area contributed by atoms with Crippen LogP contribution in [0.5, 0.6) is 5.75 Å². The van der Waals surface area contributed by atoms with Crippen LogP contribution in [0.2, 0.25) is 0 Å². The Morgan fingerprint density at radius 1 is 1.35 bits per heavy atom. The van der Waals surface area contributed by atoms with Gasteiger partial charge >= 0.3 is 0 Å². The van der Waals surface area contributed by atoms with Gasteiger partial charge in [-0.1, -0.05) is 19.1 Å². The van der Waals surface area contributed by atoms with Gasteiger partial charge in [0.2, 0.25) is 0 Å². The van der Waals surface area contributed by atoms with Crippen LogP contribution in [0.4, 0.5) is 0 Å². The molecule has 1 aromatic rings. The molecule has 0 radical (unpaired) electrons. The summed E-state index contributed by atoms with van der Waals surface area (Å²) in [7, 11) is 0. The Morgan fingerprint density at radius 2 is 2.12 bits per heavy atom. The monoisotopic (exact) mass is 253 g/mol. The van der Waals surface area contributed by atoms with Crippen LogP contribution in [-0.2, 0) is 0 Å². The van der Waals surface area contributed by atoms with E-state index in [1.807, 2.05) is 11.8 Å². The molecule has 0 amide bonds. The fourth-order valence-corrected chi connectivity index (χ4v) is 2.28. The molecule has 0 fully saturated rings. The summed E-state index contributed by atoms with van der Waals surface area (Å²) in [5.41, 5.74) is 8.02. The second kappa shape index (κ2) is 7.62. The van der Waals surface area contributed by atoms with Gasteiger partial charge in [0.25, 0.3) is 0 Å². The van der Waals surface area contributed by atoms with E-state index in [0.29, 0.717) is 5.25 Å². The van der Waals surface area contributed by atoms with Crippen molar-refractivity contribution in [2.75, 3.05) is 18.9 Å². The van der Waals surface area contributed by atoms with E-state index in [9.17, 15) is 0 Å². The Hall–Kier alpha value is -0.670. The second-order valence-corrected chi connectivity index (χ2v) is 5.93. The van der Waals surface area contributed by atoms with Gasteiger partial charge in [0.15, 0.2) is 0 Å². The average molecular weight is 253 g/mol. The summed E-state index contributed by atoms with van der Waals surface area (Å²) in [6.07, 6.45) is 1.07. The van der Waals surface area contributed by atoms with Gasteiger partial charge < -0.3 is 10.5 Å². The van der Waals surface area contributed by atoms with Crippen molar-refractivity contribution < 1.29 is 4.74 Å². The zero-order valence-corrected chi connectivity index (χ0v) is 11.8. The first-order valence-corrected chi connectivity index (χ1v) is 7.20. The van der Waals surface area contributed by atoms with Crippen LogP contribution >= 0.6 is 11.8 Å². The van der Waals surface area contributed by atoms with Gasteiger partial charge in [-0.2, -0.15) is 11.8 Å². The number of aryl methyl sites for hydroxylation is 2. The molecule has 0 aromatic heterocycles. The van der Waals surface area contributed by atoms with Gasteiger partial charge in [-0.25, -0.2) is 0 Å². The van der Waals surface area contributed by atoms with E-state index in [1.54, 1.807) is 0 Å². The third-order valence-electron chi connectivity index (χ3n) is 2.62. The predicted octanol–water partition coefficient (Wildman–Crippen LogP) is 3.15. The maximum absolute atomic E-state index is 5.79. The van der Waals surface area contributed by atoms with E-state index in [4.69, 9.17) is 10.5 Å². The number of nitrogens with two attached hydrogens (primary N) is 1. The number of thioether (sulfide) groups is 1. The summed E-state index contributed by atoms with van der Waals surface area (Å²) >= 11 is 1.91. The molecule has 0 aliphatic rings. The number of hydrogen-bond acceptors (Lipinski definition) is 3. The lowest BCUT2D eigenvalue weighted by molar-refractivity contribution is 0.316. The molecule has 0 saturated heterocycles. The van der Waals surface area contributed by atoms with Crippen molar-refractivity contribution in [1.29, 1.82) is 0 Å². The molecule has 1 unspecified atom stereocenters. The number of ether oxygens (including phenoxy) is 1. The standard InChI is InChI=1S/C14H23NOS/c1-11-5-6-12(2)14(9-11)16-7-4-8-17-13(3)10-15/h5-6,9,13H,4,7-8,10,15H2,1-3H3. The number of hydrogen-bond donors (Lipinski definition) is 1. The van der Waals surface area contributed by atoms with E-state index in [1.165, 1.54) is 11.1 Å². The average Bonchev–Trinajstić information content (AvgIpc) is 2.32. The Bertz CT molecular complexity index is 341. The molecule has 0 heterocycles. The number of benzene rings is 1. The Balaban J connectivity index is 2.24. The molecule has 2 N–H and O–H groups in total. The van der Waals surface area contributed by atoms with Crippen LogP contribution in [-0.4, -0.2) is 24.2 Å². The molecule has 0 aliphatic carbocycles. The third kappa shape index (κ3) is 5.46. The maximum atomic E-state index is 5.79. The lowest BCUT2D eigenvalue weighted by Crippen LogP contribution is -2.13. The van der Waals surface area contributed by atoms with Gasteiger partial charge in [-0.15, -0.1) is 0 Å². The summed E-state index contributed by atoms with van der Waals surface area (Å²) < 4.78 is 5.79. The maximum Gasteiger partial charge on any atom is 0.122 e. The zero-order valence-electron chi connectivity index (χ0n) is 11.0. The lowest BCUT2D eigenvalue weighted by Gasteiger charge is -2.11. The molecule has 17 heavy (non-hydrogen) atoms. The van der Waals surface area contributed by atoms with Crippen LogP contribution in [0.1, 0.15) is 24.5 Å². The van der Waals surface area contributed by atoms with Crippen molar-refractivity contribution in [3.8, 4) is 5.75 Å². The molecule has 0 saturated carbocycles. The molecule has 1 rings (SSSR count). The van der Waals surface area contributed by atoms with Crippen molar-refractivity contribution in [2.24, 2.45) is 5.73 Å². The minimum atomic E-state index is 0.552. The van der Waals surface area contributed by atoms with E-state index in [-0.39, 0.29) is 0 Å². The quantitative estimate of drug-likeness (QED) is 0.758. The van der Waals surface area contributed by atoms with Gasteiger partial charge in [-0.05, 0) is 43.2 Å². The van der Waals surface area contributed by atoms with Crippen molar-refractivity contribution in [3.63, 3.8) is 0 Å². The molecular formula is C14H23NOS. The van der Waals surface area contributed by atoms with Crippen LogP contribution < -0.4 is 10.5 Å². The highest BCUT2D eigenvalue weighted by atomic mass is 32.2. The third-order valence-corrected chi connectivity index (χ3v) is 3.91. The highest BCUT2D eigenvalue weighted by molar-refractivity contribution is 7.99. The first-order chi connectivity index (χ1) is 8.13. The first-order valence-electron chi connectivity index (χ1n) is 6.15. The van der Waals surface area contributed by atoms with Crippen molar-refractivity contribution in [3.05, 3.63) is 29.3 Å². The normalized spacial score (nSPS) is 12.5. The van der Waals surface area contributed by atoms with Gasteiger partial charge in [0.1, 0.15) is 5.75 Å². The lowest BCUT2D eigenvalue weighted by atomic mass is 10.1. The van der Waals surface area contributed by atoms with Crippen LogP contribution in [0.3, 0.4) is 0 Å². The summed E-state index contributed by atoms with van der Waals surface area (Å²) in [6, 6.07) is 6.32. The SMILES string of the molecule is Cc1ccc(C)c(OCCCSC(C)CN)c1. The molecule has 2 nitrogen and oxygen atoms in total. The summed E-state index contributed by atoms with van der Waals surface area (Å²) in [5, 5.41) is 0.552. The largest absolute Gasteiger partial charge is 0.493 e. The number of rotatable bonds is 7. The summed E-state index contributed by atoms with van der Waals surface area (Å²) in [5.74, 6) is 2.13. The minimum absolute atomic E-state index is 0.552. The topological polar surface area (TPSA) is 35.2 Å². The Labute approximate surface area is 109 Å². The van der Waals surface area contributed by atoms with Crippen molar-refractivity contribution in [1.82, 2.24) is 0 Å². The van der Waals surface area contributed by atoms with Gasteiger partial charge in [-0.3, -0.25) is 0 Å². The van der Waals surface area contributed by atoms with Gasteiger partial charge in [0.05, 0.1) is 6.61 Å². The van der Waals surface area contributed by atoms with Crippen LogP contribution in [0.25, 0.3) is 0 Å².